The third kappa shape index (κ3) is 1.79. The number of ether oxygens (including phenoxy) is 1. The fourth-order valence-electron chi connectivity index (χ4n) is 2.18. The van der Waals surface area contributed by atoms with Gasteiger partial charge in [-0.15, -0.1) is 0 Å². The normalized spacial score (nSPS) is 14.7. The van der Waals surface area contributed by atoms with Crippen LogP contribution >= 0.6 is 0 Å². The van der Waals surface area contributed by atoms with E-state index < -0.39 is 0 Å². The molecule has 1 aliphatic carbocycles. The summed E-state index contributed by atoms with van der Waals surface area (Å²) in [7, 11) is 1.35. The first-order valence-corrected chi connectivity index (χ1v) is 5.94. The van der Waals surface area contributed by atoms with Crippen molar-refractivity contribution in [2.24, 2.45) is 0 Å². The Hall–Kier alpha value is -2.10. The van der Waals surface area contributed by atoms with Crippen molar-refractivity contribution in [2.75, 3.05) is 7.11 Å². The lowest BCUT2D eigenvalue weighted by Crippen LogP contribution is -2.27. The van der Waals surface area contributed by atoms with E-state index in [-0.39, 0.29) is 5.97 Å². The van der Waals surface area contributed by atoms with Crippen molar-refractivity contribution >= 4 is 16.9 Å². The van der Waals surface area contributed by atoms with Crippen molar-refractivity contribution < 1.29 is 14.3 Å². The standard InChI is InChI=1S/C14H13NO3/c1-18-14(16)10-4-5-13-11(6-10)7-12(8-15(13)17)9-2-3-9/h4-9H,2-3H2,1H3. The van der Waals surface area contributed by atoms with Crippen LogP contribution in [0.4, 0.5) is 0 Å². The molecule has 0 unspecified atom stereocenters. The van der Waals surface area contributed by atoms with E-state index in [0.29, 0.717) is 17.0 Å². The Kier molecular flexibility index (Phi) is 2.44. The van der Waals surface area contributed by atoms with Crippen LogP contribution in [0.1, 0.15) is 34.7 Å². The summed E-state index contributed by atoms with van der Waals surface area (Å²) in [5.41, 5.74) is 2.10. The second kappa shape index (κ2) is 3.98. The van der Waals surface area contributed by atoms with Crippen molar-refractivity contribution in [3.05, 3.63) is 46.8 Å². The second-order valence-electron chi connectivity index (χ2n) is 4.64. The zero-order valence-corrected chi connectivity index (χ0v) is 10.1. The summed E-state index contributed by atoms with van der Waals surface area (Å²) in [4.78, 5) is 11.5. The molecule has 3 rings (SSSR count). The highest BCUT2D eigenvalue weighted by Gasteiger charge is 2.26. The molecule has 92 valence electrons. The van der Waals surface area contributed by atoms with E-state index in [1.54, 1.807) is 24.4 Å². The molecule has 1 aromatic carbocycles. The zero-order valence-electron chi connectivity index (χ0n) is 10.1. The van der Waals surface area contributed by atoms with Crippen LogP contribution in [0.15, 0.2) is 30.5 Å². The molecule has 0 spiro atoms. The predicted octanol–water partition coefficient (Wildman–Crippen LogP) is 2.14. The third-order valence-electron chi connectivity index (χ3n) is 3.32. The highest BCUT2D eigenvalue weighted by Crippen LogP contribution is 2.40. The average molecular weight is 243 g/mol. The van der Waals surface area contributed by atoms with Crippen LogP contribution in [0.2, 0.25) is 0 Å². The quantitative estimate of drug-likeness (QED) is 0.461. The number of carbonyl (C=O) groups is 1. The molecule has 1 saturated carbocycles. The topological polar surface area (TPSA) is 53.2 Å². The van der Waals surface area contributed by atoms with Gasteiger partial charge in [0, 0.05) is 17.0 Å². The monoisotopic (exact) mass is 243 g/mol. The molecule has 0 amide bonds. The molecule has 0 radical (unpaired) electrons. The van der Waals surface area contributed by atoms with E-state index in [1.807, 2.05) is 6.07 Å². The molecule has 0 bridgehead atoms. The maximum absolute atomic E-state index is 11.9. The number of benzene rings is 1. The van der Waals surface area contributed by atoms with E-state index in [1.165, 1.54) is 7.11 Å². The van der Waals surface area contributed by atoms with Crippen LogP contribution in [-0.2, 0) is 4.74 Å². The Bertz CT molecular complexity index is 632. The van der Waals surface area contributed by atoms with E-state index in [2.05, 4.69) is 4.74 Å². The first kappa shape index (κ1) is 11.0. The van der Waals surface area contributed by atoms with Gasteiger partial charge in [-0.2, -0.15) is 4.73 Å². The fraction of sp³-hybridized carbons (Fsp3) is 0.286. The second-order valence-corrected chi connectivity index (χ2v) is 4.64. The minimum absolute atomic E-state index is 0.383. The van der Waals surface area contributed by atoms with Crippen molar-refractivity contribution in [2.45, 2.75) is 18.8 Å². The molecule has 2 aromatic rings. The van der Waals surface area contributed by atoms with E-state index in [0.717, 1.165) is 28.5 Å². The highest BCUT2D eigenvalue weighted by atomic mass is 16.5. The number of rotatable bonds is 2. The Morgan fingerprint density at radius 1 is 1.39 bits per heavy atom. The number of nitrogens with zero attached hydrogens (tertiary/aromatic N) is 1. The number of methoxy groups -OCH3 is 1. The van der Waals surface area contributed by atoms with Crippen LogP contribution in [0.25, 0.3) is 10.9 Å². The van der Waals surface area contributed by atoms with Crippen LogP contribution in [-0.4, -0.2) is 13.1 Å². The SMILES string of the molecule is COC(=O)c1ccc2c(c1)cc(C1CC1)c[n+]2[O-]. The highest BCUT2D eigenvalue weighted by molar-refractivity contribution is 5.93. The molecule has 18 heavy (non-hydrogen) atoms. The molecule has 1 aromatic heterocycles. The number of esters is 1. The summed E-state index contributed by atoms with van der Waals surface area (Å²) in [5.74, 6) is 0.127. The number of aromatic nitrogens is 1. The first-order valence-electron chi connectivity index (χ1n) is 5.94. The molecule has 4 nitrogen and oxygen atoms in total. The minimum atomic E-state index is -0.383. The van der Waals surface area contributed by atoms with E-state index >= 15 is 0 Å². The van der Waals surface area contributed by atoms with Crippen LogP contribution in [0.5, 0.6) is 0 Å². The molecule has 0 atom stereocenters. The van der Waals surface area contributed by atoms with Gasteiger partial charge in [0.25, 0.3) is 0 Å². The molecule has 1 fully saturated rings. The van der Waals surface area contributed by atoms with Gasteiger partial charge in [0.1, 0.15) is 0 Å². The summed E-state index contributed by atoms with van der Waals surface area (Å²) in [6.07, 6.45) is 3.92. The minimum Gasteiger partial charge on any atom is -0.618 e. The van der Waals surface area contributed by atoms with Gasteiger partial charge >= 0.3 is 5.97 Å². The fourth-order valence-corrected chi connectivity index (χ4v) is 2.18. The molecule has 0 aliphatic heterocycles. The molecule has 1 heterocycles. The van der Waals surface area contributed by atoms with Gasteiger partial charge < -0.3 is 9.94 Å². The lowest BCUT2D eigenvalue weighted by atomic mass is 10.1. The van der Waals surface area contributed by atoms with Gasteiger partial charge in [-0.1, -0.05) is 0 Å². The first-order chi connectivity index (χ1) is 8.69. The van der Waals surface area contributed by atoms with E-state index in [4.69, 9.17) is 0 Å². The van der Waals surface area contributed by atoms with Crippen molar-refractivity contribution in [3.63, 3.8) is 0 Å². The summed E-state index contributed by atoms with van der Waals surface area (Å²) in [6.45, 7) is 0. The summed E-state index contributed by atoms with van der Waals surface area (Å²) in [5, 5.41) is 12.7. The average Bonchev–Trinajstić information content (AvgIpc) is 3.21. The summed E-state index contributed by atoms with van der Waals surface area (Å²) >= 11 is 0. The van der Waals surface area contributed by atoms with Gasteiger partial charge in [0.2, 0.25) is 5.52 Å². The molecular weight excluding hydrogens is 230 g/mol. The predicted molar refractivity (Wildman–Crippen MR) is 66.2 cm³/mol. The lowest BCUT2D eigenvalue weighted by Gasteiger charge is -2.06. The number of carbonyl (C=O) groups excluding carboxylic acids is 1. The van der Waals surface area contributed by atoms with E-state index in [9.17, 15) is 10.0 Å². The summed E-state index contributed by atoms with van der Waals surface area (Å²) in [6, 6.07) is 6.97. The van der Waals surface area contributed by atoms with Gasteiger partial charge in [0.15, 0.2) is 6.20 Å². The van der Waals surface area contributed by atoms with Crippen molar-refractivity contribution in [1.29, 1.82) is 0 Å². The van der Waals surface area contributed by atoms with Gasteiger partial charge in [0.05, 0.1) is 12.7 Å². The molecule has 4 heteroatoms. The molecule has 0 N–H and O–H groups in total. The molecular formula is C14H13NO3. The number of pyridine rings is 1. The molecule has 1 aliphatic rings. The van der Waals surface area contributed by atoms with Crippen molar-refractivity contribution in [3.8, 4) is 0 Å². The van der Waals surface area contributed by atoms with Gasteiger partial charge in [-0.25, -0.2) is 4.79 Å². The van der Waals surface area contributed by atoms with Crippen LogP contribution < -0.4 is 4.73 Å². The van der Waals surface area contributed by atoms with Gasteiger partial charge in [-0.05, 0) is 37.0 Å². The van der Waals surface area contributed by atoms with Crippen molar-refractivity contribution in [1.82, 2.24) is 0 Å². The van der Waals surface area contributed by atoms with Gasteiger partial charge in [-0.3, -0.25) is 0 Å². The third-order valence-corrected chi connectivity index (χ3v) is 3.32. The Morgan fingerprint density at radius 3 is 2.83 bits per heavy atom. The Labute approximate surface area is 104 Å². The molecule has 0 saturated heterocycles. The Morgan fingerprint density at radius 2 is 2.17 bits per heavy atom. The number of hydrogen-bond acceptors (Lipinski definition) is 3. The maximum Gasteiger partial charge on any atom is 0.337 e. The lowest BCUT2D eigenvalue weighted by molar-refractivity contribution is -0.577. The Balaban J connectivity index is 2.15. The van der Waals surface area contributed by atoms with Crippen LogP contribution in [0, 0.1) is 5.21 Å². The number of fused-ring (bicyclic) bond motifs is 1. The smallest absolute Gasteiger partial charge is 0.337 e. The van der Waals surface area contributed by atoms with Crippen LogP contribution in [0.3, 0.4) is 0 Å². The summed E-state index contributed by atoms with van der Waals surface area (Å²) < 4.78 is 5.56. The number of hydrogen-bond donors (Lipinski definition) is 0. The largest absolute Gasteiger partial charge is 0.618 e. The maximum atomic E-state index is 11.9. The zero-order chi connectivity index (χ0) is 12.7.